The van der Waals surface area contributed by atoms with E-state index in [0.29, 0.717) is 13.1 Å². The fourth-order valence-corrected chi connectivity index (χ4v) is 3.93. The van der Waals surface area contributed by atoms with Crippen molar-refractivity contribution >= 4 is 6.03 Å². The predicted octanol–water partition coefficient (Wildman–Crippen LogP) is 2.58. The molecule has 0 aliphatic carbocycles. The molecule has 6 heteroatoms. The lowest BCUT2D eigenvalue weighted by Crippen LogP contribution is -2.54. The summed E-state index contributed by atoms with van der Waals surface area (Å²) in [4.78, 5) is 17.1. The Morgan fingerprint density at radius 3 is 2.29 bits per heavy atom. The second kappa shape index (κ2) is 10.2. The monoisotopic (exact) mass is 388 g/mol. The van der Waals surface area contributed by atoms with Gasteiger partial charge in [-0.3, -0.25) is 9.80 Å². The van der Waals surface area contributed by atoms with Crippen LogP contribution < -0.4 is 10.6 Å². The topological polar surface area (TPSA) is 56.8 Å². The van der Waals surface area contributed by atoms with Crippen LogP contribution in [0, 0.1) is 0 Å². The average Bonchev–Trinajstić information content (AvgIpc) is 2.73. The number of carbonyl (C=O) groups is 1. The number of ether oxygens (including phenoxy) is 1. The maximum absolute atomic E-state index is 12.2. The van der Waals surface area contributed by atoms with Crippen molar-refractivity contribution in [2.24, 2.45) is 0 Å². The smallest absolute Gasteiger partial charge is 0.315 e. The van der Waals surface area contributed by atoms with E-state index in [1.54, 1.807) is 0 Å². The van der Waals surface area contributed by atoms with Gasteiger partial charge in [-0.25, -0.2) is 4.79 Å². The molecule has 2 fully saturated rings. The molecule has 2 aliphatic heterocycles. The summed E-state index contributed by atoms with van der Waals surface area (Å²) in [6.07, 6.45) is 3.85. The molecular weight excluding hydrogens is 352 g/mol. The van der Waals surface area contributed by atoms with Gasteiger partial charge in [0, 0.05) is 38.3 Å². The third-order valence-electron chi connectivity index (χ3n) is 5.88. The minimum Gasteiger partial charge on any atom is -0.379 e. The van der Waals surface area contributed by atoms with Crippen molar-refractivity contribution in [1.29, 1.82) is 0 Å². The highest BCUT2D eigenvalue weighted by Crippen LogP contribution is 2.19. The number of likely N-dealkylation sites (tertiary alicyclic amines) is 1. The van der Waals surface area contributed by atoms with E-state index in [-0.39, 0.29) is 11.6 Å². The Bertz CT molecular complexity index is 605. The van der Waals surface area contributed by atoms with Gasteiger partial charge in [0.15, 0.2) is 0 Å². The molecule has 0 atom stereocenters. The second-order valence-electron chi connectivity index (χ2n) is 8.60. The fourth-order valence-electron chi connectivity index (χ4n) is 3.93. The van der Waals surface area contributed by atoms with Crippen LogP contribution >= 0.6 is 0 Å². The molecular formula is C22H36N4O2. The van der Waals surface area contributed by atoms with E-state index < -0.39 is 0 Å². The van der Waals surface area contributed by atoms with Gasteiger partial charge >= 0.3 is 6.03 Å². The molecule has 3 rings (SSSR count). The summed E-state index contributed by atoms with van der Waals surface area (Å²) in [5.74, 6) is 0. The van der Waals surface area contributed by atoms with Crippen LogP contribution in [-0.2, 0) is 17.8 Å². The SMILES string of the molecule is CC(C)(CNC(=O)NCc1ccc(CN2CCOCC2)cc1)N1CCCCC1. The van der Waals surface area contributed by atoms with E-state index in [1.165, 1.54) is 24.8 Å². The highest BCUT2D eigenvalue weighted by Gasteiger charge is 2.28. The molecule has 2 amide bonds. The van der Waals surface area contributed by atoms with Crippen molar-refractivity contribution in [1.82, 2.24) is 20.4 Å². The van der Waals surface area contributed by atoms with Crippen LogP contribution in [0.4, 0.5) is 4.79 Å². The zero-order chi connectivity index (χ0) is 19.8. The number of hydrogen-bond donors (Lipinski definition) is 2. The highest BCUT2D eigenvalue weighted by atomic mass is 16.5. The molecule has 0 saturated carbocycles. The molecule has 1 aromatic rings. The minimum atomic E-state index is -0.0949. The van der Waals surface area contributed by atoms with Crippen molar-refractivity contribution in [3.8, 4) is 0 Å². The number of nitrogens with zero attached hydrogens (tertiary/aromatic N) is 2. The molecule has 2 heterocycles. The van der Waals surface area contributed by atoms with E-state index in [1.807, 2.05) is 0 Å². The number of urea groups is 1. The number of carbonyl (C=O) groups excluding carboxylic acids is 1. The molecule has 2 saturated heterocycles. The molecule has 156 valence electrons. The zero-order valence-electron chi connectivity index (χ0n) is 17.5. The third kappa shape index (κ3) is 6.47. The van der Waals surface area contributed by atoms with Gasteiger partial charge in [-0.15, -0.1) is 0 Å². The Hall–Kier alpha value is -1.63. The number of nitrogens with one attached hydrogen (secondary N) is 2. The molecule has 0 unspecified atom stereocenters. The van der Waals surface area contributed by atoms with Gasteiger partial charge in [-0.1, -0.05) is 30.7 Å². The number of amides is 2. The molecule has 0 spiro atoms. The van der Waals surface area contributed by atoms with Crippen LogP contribution in [0.5, 0.6) is 0 Å². The predicted molar refractivity (Wildman–Crippen MR) is 112 cm³/mol. The quantitative estimate of drug-likeness (QED) is 0.754. The van der Waals surface area contributed by atoms with Gasteiger partial charge in [0.1, 0.15) is 0 Å². The van der Waals surface area contributed by atoms with Crippen molar-refractivity contribution < 1.29 is 9.53 Å². The molecule has 0 aromatic heterocycles. The summed E-state index contributed by atoms with van der Waals surface area (Å²) >= 11 is 0. The Kier molecular flexibility index (Phi) is 7.71. The second-order valence-corrected chi connectivity index (χ2v) is 8.60. The van der Waals surface area contributed by atoms with E-state index in [4.69, 9.17) is 4.74 Å². The third-order valence-corrected chi connectivity index (χ3v) is 5.88. The fraction of sp³-hybridized carbons (Fsp3) is 0.682. The first-order valence-corrected chi connectivity index (χ1v) is 10.7. The van der Waals surface area contributed by atoms with Gasteiger partial charge in [0.05, 0.1) is 13.2 Å². The van der Waals surface area contributed by atoms with Crippen LogP contribution in [-0.4, -0.2) is 67.3 Å². The first-order valence-electron chi connectivity index (χ1n) is 10.7. The molecule has 2 aliphatic rings. The molecule has 6 nitrogen and oxygen atoms in total. The van der Waals surface area contributed by atoms with Crippen LogP contribution in [0.1, 0.15) is 44.2 Å². The molecule has 2 N–H and O–H groups in total. The summed E-state index contributed by atoms with van der Waals surface area (Å²) < 4.78 is 5.40. The zero-order valence-corrected chi connectivity index (χ0v) is 17.5. The van der Waals surface area contributed by atoms with Crippen LogP contribution in [0.2, 0.25) is 0 Å². The van der Waals surface area contributed by atoms with Gasteiger partial charge in [-0.2, -0.15) is 0 Å². The lowest BCUT2D eigenvalue weighted by Gasteiger charge is -2.41. The lowest BCUT2D eigenvalue weighted by molar-refractivity contribution is 0.0342. The molecule has 0 bridgehead atoms. The van der Waals surface area contributed by atoms with Gasteiger partial charge in [-0.05, 0) is 50.9 Å². The number of hydrogen-bond acceptors (Lipinski definition) is 4. The Morgan fingerprint density at radius 1 is 0.964 bits per heavy atom. The summed E-state index contributed by atoms with van der Waals surface area (Å²) in [5.41, 5.74) is 2.42. The van der Waals surface area contributed by atoms with Crippen LogP contribution in [0.25, 0.3) is 0 Å². The lowest BCUT2D eigenvalue weighted by atomic mass is 9.98. The van der Waals surface area contributed by atoms with Gasteiger partial charge in [0.25, 0.3) is 0 Å². The molecule has 0 radical (unpaired) electrons. The number of piperidine rings is 1. The van der Waals surface area contributed by atoms with E-state index in [2.05, 4.69) is 58.5 Å². The summed E-state index contributed by atoms with van der Waals surface area (Å²) in [7, 11) is 0. The maximum Gasteiger partial charge on any atom is 0.315 e. The molecule has 1 aromatic carbocycles. The standard InChI is InChI=1S/C22H36N4O2/c1-22(2,26-10-4-3-5-11-26)18-24-21(27)23-16-19-6-8-20(9-7-19)17-25-12-14-28-15-13-25/h6-9H,3-5,10-18H2,1-2H3,(H2,23,24,27). The maximum atomic E-state index is 12.2. The summed E-state index contributed by atoms with van der Waals surface area (Å²) in [5, 5.41) is 6.03. The van der Waals surface area contributed by atoms with Crippen molar-refractivity contribution in [3.63, 3.8) is 0 Å². The number of morpholine rings is 1. The van der Waals surface area contributed by atoms with Crippen LogP contribution in [0.3, 0.4) is 0 Å². The van der Waals surface area contributed by atoms with Crippen molar-refractivity contribution in [2.45, 2.75) is 51.7 Å². The van der Waals surface area contributed by atoms with E-state index >= 15 is 0 Å². The largest absolute Gasteiger partial charge is 0.379 e. The average molecular weight is 389 g/mol. The Labute approximate surface area is 169 Å². The van der Waals surface area contributed by atoms with Crippen molar-refractivity contribution in [2.75, 3.05) is 45.9 Å². The number of benzene rings is 1. The van der Waals surface area contributed by atoms with E-state index in [9.17, 15) is 4.79 Å². The van der Waals surface area contributed by atoms with Gasteiger partial charge in [0.2, 0.25) is 0 Å². The Balaban J connectivity index is 1.37. The first kappa shape index (κ1) is 21.1. The summed E-state index contributed by atoms with van der Waals surface area (Å²) in [6, 6.07) is 8.43. The minimum absolute atomic E-state index is 0.00109. The Morgan fingerprint density at radius 2 is 1.61 bits per heavy atom. The first-order chi connectivity index (χ1) is 13.5. The van der Waals surface area contributed by atoms with Crippen molar-refractivity contribution in [3.05, 3.63) is 35.4 Å². The van der Waals surface area contributed by atoms with Gasteiger partial charge < -0.3 is 15.4 Å². The normalized spacial score (nSPS) is 19.4. The summed E-state index contributed by atoms with van der Waals surface area (Å²) in [6.45, 7) is 12.5. The van der Waals surface area contributed by atoms with E-state index in [0.717, 1.165) is 51.5 Å². The van der Waals surface area contributed by atoms with Crippen LogP contribution in [0.15, 0.2) is 24.3 Å². The number of rotatable bonds is 7. The highest BCUT2D eigenvalue weighted by molar-refractivity contribution is 5.73. The molecule has 28 heavy (non-hydrogen) atoms.